The molecule has 2 heterocycles. The molecule has 94 valence electrons. The summed E-state index contributed by atoms with van der Waals surface area (Å²) in [6.45, 7) is 2.00. The first-order valence-electron chi connectivity index (χ1n) is 5.93. The third-order valence-electron chi connectivity index (χ3n) is 3.15. The van der Waals surface area contributed by atoms with Gasteiger partial charge < -0.3 is 0 Å². The van der Waals surface area contributed by atoms with Crippen molar-refractivity contribution in [1.29, 1.82) is 0 Å². The van der Waals surface area contributed by atoms with Crippen molar-refractivity contribution in [3.63, 3.8) is 0 Å². The zero-order chi connectivity index (χ0) is 12.5. The fourth-order valence-corrected chi connectivity index (χ4v) is 3.59. The molecular formula is C12H13BrN4S. The number of rotatable bonds is 2. The van der Waals surface area contributed by atoms with E-state index in [4.69, 9.17) is 0 Å². The van der Waals surface area contributed by atoms with Gasteiger partial charge in [-0.3, -0.25) is 0 Å². The molecule has 1 unspecified atom stereocenters. The highest BCUT2D eigenvalue weighted by Gasteiger charge is 2.20. The number of halogens is 1. The van der Waals surface area contributed by atoms with Crippen LogP contribution in [-0.4, -0.2) is 20.0 Å². The van der Waals surface area contributed by atoms with Crippen LogP contribution < -0.4 is 0 Å². The second-order valence-corrected chi connectivity index (χ2v) is 6.16. The number of nitrogens with zero attached hydrogens (tertiary/aromatic N) is 4. The van der Waals surface area contributed by atoms with Crippen LogP contribution in [0.1, 0.15) is 31.0 Å². The van der Waals surface area contributed by atoms with Crippen LogP contribution in [0.15, 0.2) is 22.3 Å². The monoisotopic (exact) mass is 324 g/mol. The molecule has 0 aromatic carbocycles. The molecular weight excluding hydrogens is 312 g/mol. The Morgan fingerprint density at radius 1 is 1.50 bits per heavy atom. The largest absolute Gasteiger partial charge is 0.249 e. The van der Waals surface area contributed by atoms with Crippen molar-refractivity contribution in [3.05, 3.63) is 28.0 Å². The lowest BCUT2D eigenvalue weighted by atomic mass is 10.0. The molecule has 0 spiro atoms. The summed E-state index contributed by atoms with van der Waals surface area (Å²) in [5, 5.41) is 8.53. The number of allylic oxidation sites excluding steroid dienone is 2. The fraction of sp³-hybridized carbons (Fsp3) is 0.417. The van der Waals surface area contributed by atoms with Crippen molar-refractivity contribution in [1.82, 2.24) is 20.0 Å². The van der Waals surface area contributed by atoms with Gasteiger partial charge in [-0.15, -0.1) is 16.4 Å². The predicted octanol–water partition coefficient (Wildman–Crippen LogP) is 3.71. The van der Waals surface area contributed by atoms with Gasteiger partial charge in [0.2, 0.25) is 0 Å². The van der Waals surface area contributed by atoms with E-state index in [0.29, 0.717) is 6.04 Å². The molecule has 0 saturated heterocycles. The highest BCUT2D eigenvalue weighted by molar-refractivity contribution is 9.11. The summed E-state index contributed by atoms with van der Waals surface area (Å²) in [6.07, 6.45) is 7.71. The lowest BCUT2D eigenvalue weighted by molar-refractivity contribution is 0.458. The molecule has 0 radical (unpaired) electrons. The number of aryl methyl sites for hydroxylation is 1. The third kappa shape index (κ3) is 2.14. The predicted molar refractivity (Wildman–Crippen MR) is 75.8 cm³/mol. The van der Waals surface area contributed by atoms with Crippen LogP contribution in [0.4, 0.5) is 0 Å². The van der Waals surface area contributed by atoms with E-state index in [1.165, 1.54) is 10.9 Å². The summed E-state index contributed by atoms with van der Waals surface area (Å²) >= 11 is 5.24. The lowest BCUT2D eigenvalue weighted by Crippen LogP contribution is -2.12. The summed E-state index contributed by atoms with van der Waals surface area (Å²) in [5.74, 6) is 0. The maximum Gasteiger partial charge on any atom is 0.124 e. The average molecular weight is 325 g/mol. The topological polar surface area (TPSA) is 43.6 Å². The van der Waals surface area contributed by atoms with Crippen molar-refractivity contribution < 1.29 is 0 Å². The molecule has 0 amide bonds. The van der Waals surface area contributed by atoms with Crippen LogP contribution in [0, 0.1) is 6.92 Å². The molecule has 0 bridgehead atoms. The molecule has 0 saturated carbocycles. The zero-order valence-electron chi connectivity index (χ0n) is 10.0. The van der Waals surface area contributed by atoms with Gasteiger partial charge in [0, 0.05) is 4.48 Å². The van der Waals surface area contributed by atoms with Gasteiger partial charge in [-0.05, 0) is 26.2 Å². The van der Waals surface area contributed by atoms with Gasteiger partial charge in [0.1, 0.15) is 5.69 Å². The second kappa shape index (κ2) is 4.93. The van der Waals surface area contributed by atoms with Crippen LogP contribution >= 0.6 is 27.3 Å². The SMILES string of the molecule is Cc1ncsc1-c1cn(C2CCCC=C2Br)nn1. The Bertz CT molecular complexity index is 586. The quantitative estimate of drug-likeness (QED) is 0.845. The van der Waals surface area contributed by atoms with Gasteiger partial charge in [0.15, 0.2) is 0 Å². The van der Waals surface area contributed by atoms with Gasteiger partial charge >= 0.3 is 0 Å². The summed E-state index contributed by atoms with van der Waals surface area (Å²) in [5.41, 5.74) is 3.78. The van der Waals surface area contributed by atoms with Gasteiger partial charge in [-0.25, -0.2) is 9.67 Å². The normalized spacial score (nSPS) is 19.9. The number of hydrogen-bond donors (Lipinski definition) is 0. The molecule has 1 aliphatic carbocycles. The van der Waals surface area contributed by atoms with Crippen molar-refractivity contribution in [2.45, 2.75) is 32.2 Å². The van der Waals surface area contributed by atoms with Gasteiger partial charge in [0.25, 0.3) is 0 Å². The Morgan fingerprint density at radius 3 is 3.11 bits per heavy atom. The van der Waals surface area contributed by atoms with E-state index >= 15 is 0 Å². The maximum absolute atomic E-state index is 4.26. The standard InChI is InChI=1S/C12H13BrN4S/c1-8-12(18-7-14-8)10-6-17(16-15-10)11-5-3-2-4-9(11)13/h4,6-7,11H,2-3,5H2,1H3. The smallest absolute Gasteiger partial charge is 0.124 e. The Morgan fingerprint density at radius 2 is 2.39 bits per heavy atom. The van der Waals surface area contributed by atoms with Crippen LogP contribution in [0.2, 0.25) is 0 Å². The summed E-state index contributed by atoms with van der Waals surface area (Å²) in [4.78, 5) is 5.36. The van der Waals surface area contributed by atoms with E-state index in [1.54, 1.807) is 11.3 Å². The van der Waals surface area contributed by atoms with Crippen molar-refractivity contribution in [2.75, 3.05) is 0 Å². The van der Waals surface area contributed by atoms with Crippen LogP contribution in [0.25, 0.3) is 10.6 Å². The van der Waals surface area contributed by atoms with Gasteiger partial charge in [-0.2, -0.15) is 0 Å². The first-order valence-corrected chi connectivity index (χ1v) is 7.61. The third-order valence-corrected chi connectivity index (χ3v) is 4.95. The molecule has 6 heteroatoms. The minimum atomic E-state index is 0.299. The Kier molecular flexibility index (Phi) is 3.30. The summed E-state index contributed by atoms with van der Waals surface area (Å²) in [7, 11) is 0. The van der Waals surface area contributed by atoms with Crippen molar-refractivity contribution in [2.24, 2.45) is 0 Å². The fourth-order valence-electron chi connectivity index (χ4n) is 2.16. The zero-order valence-corrected chi connectivity index (χ0v) is 12.4. The minimum Gasteiger partial charge on any atom is -0.249 e. The molecule has 4 nitrogen and oxygen atoms in total. The average Bonchev–Trinajstić information content (AvgIpc) is 2.98. The van der Waals surface area contributed by atoms with E-state index in [2.05, 4.69) is 37.3 Å². The molecule has 2 aromatic heterocycles. The van der Waals surface area contributed by atoms with E-state index in [-0.39, 0.29) is 0 Å². The van der Waals surface area contributed by atoms with Crippen LogP contribution in [0.3, 0.4) is 0 Å². The van der Waals surface area contributed by atoms with Crippen molar-refractivity contribution in [3.8, 4) is 10.6 Å². The first kappa shape index (κ1) is 12.0. The molecule has 2 aromatic rings. The summed E-state index contributed by atoms with van der Waals surface area (Å²) in [6, 6.07) is 0.299. The molecule has 1 atom stereocenters. The molecule has 0 aliphatic heterocycles. The number of aromatic nitrogens is 4. The van der Waals surface area contributed by atoms with Crippen molar-refractivity contribution >= 4 is 27.3 Å². The molecule has 0 N–H and O–H groups in total. The van der Waals surface area contributed by atoms with Gasteiger partial charge in [0.05, 0.1) is 28.3 Å². The Hall–Kier alpha value is -1.01. The Balaban J connectivity index is 1.92. The summed E-state index contributed by atoms with van der Waals surface area (Å²) < 4.78 is 3.17. The van der Waals surface area contributed by atoms with E-state index < -0.39 is 0 Å². The van der Waals surface area contributed by atoms with Gasteiger partial charge in [-0.1, -0.05) is 27.2 Å². The van der Waals surface area contributed by atoms with Crippen LogP contribution in [0.5, 0.6) is 0 Å². The lowest BCUT2D eigenvalue weighted by Gasteiger charge is -2.19. The molecule has 1 aliphatic rings. The highest BCUT2D eigenvalue weighted by Crippen LogP contribution is 2.34. The Labute approximate surface area is 118 Å². The molecule has 0 fully saturated rings. The van der Waals surface area contributed by atoms with Crippen LogP contribution in [-0.2, 0) is 0 Å². The number of thiazole rings is 1. The van der Waals surface area contributed by atoms with E-state index in [9.17, 15) is 0 Å². The van der Waals surface area contributed by atoms with E-state index in [1.807, 2.05) is 23.3 Å². The number of hydrogen-bond acceptors (Lipinski definition) is 4. The maximum atomic E-state index is 4.26. The first-order chi connectivity index (χ1) is 8.75. The highest BCUT2D eigenvalue weighted by atomic mass is 79.9. The second-order valence-electron chi connectivity index (χ2n) is 4.39. The molecule has 18 heavy (non-hydrogen) atoms. The minimum absolute atomic E-state index is 0.299. The molecule has 3 rings (SSSR count). The van der Waals surface area contributed by atoms with E-state index in [0.717, 1.165) is 29.1 Å².